The molecule has 0 amide bonds. The predicted octanol–water partition coefficient (Wildman–Crippen LogP) is 2.08. The number of unbranched alkanes of at least 4 members (excludes halogenated alkanes) is 2. The highest BCUT2D eigenvalue weighted by atomic mass is 32.2. The second-order valence-electron chi connectivity index (χ2n) is 4.81. The molecule has 0 aliphatic carbocycles. The van der Waals surface area contributed by atoms with E-state index in [0.717, 1.165) is 19.3 Å². The van der Waals surface area contributed by atoms with Crippen LogP contribution in [0.15, 0.2) is 0 Å². The van der Waals surface area contributed by atoms with Crippen molar-refractivity contribution in [1.82, 2.24) is 0 Å². The van der Waals surface area contributed by atoms with E-state index < -0.39 is 15.4 Å². The van der Waals surface area contributed by atoms with Gasteiger partial charge in [-0.05, 0) is 19.3 Å². The van der Waals surface area contributed by atoms with E-state index in [9.17, 15) is 13.2 Å². The normalized spacial score (nSPS) is 28.5. The molecule has 100 valence electrons. The third-order valence-electron chi connectivity index (χ3n) is 3.31. The molecule has 0 bridgehead atoms. The standard InChI is InChI=1S/C12H22O4S/c1-3-5-6-8-12(4-2)10-17(14,15)9-7-11(13)16-12/h3-10H2,1-2H3. The lowest BCUT2D eigenvalue weighted by molar-refractivity contribution is -0.157. The molecule has 0 saturated carbocycles. The Bertz CT molecular complexity index is 361. The molecule has 5 heteroatoms. The zero-order chi connectivity index (χ0) is 12.9. The van der Waals surface area contributed by atoms with Crippen LogP contribution < -0.4 is 0 Å². The van der Waals surface area contributed by atoms with E-state index in [-0.39, 0.29) is 23.9 Å². The molecule has 1 fully saturated rings. The molecule has 0 spiro atoms. The van der Waals surface area contributed by atoms with Crippen LogP contribution in [0.5, 0.6) is 0 Å². The first-order valence-corrected chi connectivity index (χ1v) is 8.17. The molecule has 1 atom stereocenters. The molecule has 0 radical (unpaired) electrons. The first-order chi connectivity index (χ1) is 7.93. The lowest BCUT2D eigenvalue weighted by Crippen LogP contribution is -2.39. The fraction of sp³-hybridized carbons (Fsp3) is 0.917. The van der Waals surface area contributed by atoms with Crippen molar-refractivity contribution in [3.8, 4) is 0 Å². The van der Waals surface area contributed by atoms with Gasteiger partial charge in [0.15, 0.2) is 9.84 Å². The van der Waals surface area contributed by atoms with Gasteiger partial charge in [0.25, 0.3) is 0 Å². The molecule has 17 heavy (non-hydrogen) atoms. The van der Waals surface area contributed by atoms with Gasteiger partial charge in [0, 0.05) is 0 Å². The zero-order valence-corrected chi connectivity index (χ0v) is 11.5. The van der Waals surface area contributed by atoms with Crippen LogP contribution in [0.4, 0.5) is 0 Å². The number of sulfone groups is 1. The number of ether oxygens (including phenoxy) is 1. The van der Waals surface area contributed by atoms with Gasteiger partial charge < -0.3 is 4.74 Å². The largest absolute Gasteiger partial charge is 0.458 e. The second-order valence-corrected chi connectivity index (χ2v) is 6.99. The maximum atomic E-state index is 11.8. The SMILES string of the molecule is CCCCCC1(CC)CS(=O)(=O)CCC(=O)O1. The van der Waals surface area contributed by atoms with Gasteiger partial charge in [0.05, 0.1) is 17.9 Å². The monoisotopic (exact) mass is 262 g/mol. The third-order valence-corrected chi connectivity index (χ3v) is 5.10. The molecule has 1 rings (SSSR count). The molecule has 0 N–H and O–H groups in total. The Morgan fingerprint density at radius 3 is 2.59 bits per heavy atom. The highest BCUT2D eigenvalue weighted by Gasteiger charge is 2.39. The Balaban J connectivity index is 2.82. The van der Waals surface area contributed by atoms with E-state index in [0.29, 0.717) is 12.8 Å². The molecule has 1 unspecified atom stereocenters. The first-order valence-electron chi connectivity index (χ1n) is 6.35. The fourth-order valence-electron chi connectivity index (χ4n) is 2.21. The molecule has 1 saturated heterocycles. The zero-order valence-electron chi connectivity index (χ0n) is 10.7. The van der Waals surface area contributed by atoms with Crippen LogP contribution in [-0.4, -0.2) is 31.5 Å². The van der Waals surface area contributed by atoms with E-state index in [4.69, 9.17) is 4.74 Å². The van der Waals surface area contributed by atoms with Gasteiger partial charge in [-0.1, -0.05) is 26.7 Å². The Kier molecular flexibility index (Phi) is 4.98. The van der Waals surface area contributed by atoms with E-state index in [1.165, 1.54) is 0 Å². The maximum absolute atomic E-state index is 11.8. The van der Waals surface area contributed by atoms with Crippen LogP contribution in [0.25, 0.3) is 0 Å². The van der Waals surface area contributed by atoms with Gasteiger partial charge in [-0.15, -0.1) is 0 Å². The Morgan fingerprint density at radius 1 is 1.29 bits per heavy atom. The Hall–Kier alpha value is -0.580. The van der Waals surface area contributed by atoms with Crippen LogP contribution >= 0.6 is 0 Å². The lowest BCUT2D eigenvalue weighted by Gasteiger charge is -2.30. The summed E-state index contributed by atoms with van der Waals surface area (Å²) in [5, 5.41) is 0. The van der Waals surface area contributed by atoms with Crippen molar-refractivity contribution >= 4 is 15.8 Å². The number of esters is 1. The molecular formula is C12H22O4S. The van der Waals surface area contributed by atoms with Gasteiger partial charge in [0.1, 0.15) is 5.60 Å². The average Bonchev–Trinajstić information content (AvgIpc) is 2.37. The molecule has 1 heterocycles. The topological polar surface area (TPSA) is 60.4 Å². The number of cyclic esters (lactones) is 1. The maximum Gasteiger partial charge on any atom is 0.307 e. The molecule has 0 aromatic rings. The molecule has 0 aromatic carbocycles. The quantitative estimate of drug-likeness (QED) is 0.562. The van der Waals surface area contributed by atoms with Crippen molar-refractivity contribution in [3.63, 3.8) is 0 Å². The van der Waals surface area contributed by atoms with Crippen LogP contribution in [0.3, 0.4) is 0 Å². The van der Waals surface area contributed by atoms with Gasteiger partial charge >= 0.3 is 5.97 Å². The third kappa shape index (κ3) is 4.30. The first kappa shape index (κ1) is 14.5. The van der Waals surface area contributed by atoms with Crippen LogP contribution in [0.2, 0.25) is 0 Å². The summed E-state index contributed by atoms with van der Waals surface area (Å²) >= 11 is 0. The van der Waals surface area contributed by atoms with E-state index in [1.54, 1.807) is 0 Å². The van der Waals surface area contributed by atoms with Gasteiger partial charge in [-0.2, -0.15) is 0 Å². The summed E-state index contributed by atoms with van der Waals surface area (Å²) in [4.78, 5) is 11.5. The summed E-state index contributed by atoms with van der Waals surface area (Å²) in [6.07, 6.45) is 4.24. The lowest BCUT2D eigenvalue weighted by atomic mass is 9.95. The molecule has 4 nitrogen and oxygen atoms in total. The van der Waals surface area contributed by atoms with Crippen molar-refractivity contribution in [2.24, 2.45) is 0 Å². The van der Waals surface area contributed by atoms with Crippen molar-refractivity contribution in [3.05, 3.63) is 0 Å². The number of hydrogen-bond donors (Lipinski definition) is 0. The summed E-state index contributed by atoms with van der Waals surface area (Å²) in [6, 6.07) is 0. The average molecular weight is 262 g/mol. The smallest absolute Gasteiger partial charge is 0.307 e. The van der Waals surface area contributed by atoms with Crippen molar-refractivity contribution < 1.29 is 17.9 Å². The second kappa shape index (κ2) is 5.85. The summed E-state index contributed by atoms with van der Waals surface area (Å²) in [5.74, 6) is -0.447. The van der Waals surface area contributed by atoms with Crippen molar-refractivity contribution in [1.29, 1.82) is 0 Å². The van der Waals surface area contributed by atoms with Crippen LogP contribution in [-0.2, 0) is 19.4 Å². The van der Waals surface area contributed by atoms with E-state index in [2.05, 4.69) is 6.92 Å². The summed E-state index contributed by atoms with van der Waals surface area (Å²) in [7, 11) is -3.15. The van der Waals surface area contributed by atoms with Gasteiger partial charge in [-0.3, -0.25) is 4.79 Å². The summed E-state index contributed by atoms with van der Waals surface area (Å²) < 4.78 is 29.0. The molecule has 1 aliphatic rings. The number of rotatable bonds is 5. The summed E-state index contributed by atoms with van der Waals surface area (Å²) in [6.45, 7) is 3.98. The van der Waals surface area contributed by atoms with Crippen LogP contribution in [0.1, 0.15) is 52.4 Å². The number of carbonyl (C=O) groups is 1. The predicted molar refractivity (Wildman–Crippen MR) is 66.5 cm³/mol. The Labute approximate surface area is 104 Å². The van der Waals surface area contributed by atoms with Crippen molar-refractivity contribution in [2.45, 2.75) is 58.0 Å². The number of hydrogen-bond acceptors (Lipinski definition) is 4. The van der Waals surface area contributed by atoms with E-state index >= 15 is 0 Å². The molecule has 0 aromatic heterocycles. The van der Waals surface area contributed by atoms with Crippen LogP contribution in [0, 0.1) is 0 Å². The van der Waals surface area contributed by atoms with E-state index in [1.807, 2.05) is 6.92 Å². The fourth-order valence-corrected chi connectivity index (χ4v) is 4.04. The number of carbonyl (C=O) groups excluding carboxylic acids is 1. The minimum Gasteiger partial charge on any atom is -0.458 e. The Morgan fingerprint density at radius 2 is 2.00 bits per heavy atom. The molecular weight excluding hydrogens is 240 g/mol. The van der Waals surface area contributed by atoms with Gasteiger partial charge in [-0.25, -0.2) is 8.42 Å². The summed E-state index contributed by atoms with van der Waals surface area (Å²) in [5.41, 5.74) is -0.776. The highest BCUT2D eigenvalue weighted by molar-refractivity contribution is 7.91. The van der Waals surface area contributed by atoms with Gasteiger partial charge in [0.2, 0.25) is 0 Å². The van der Waals surface area contributed by atoms with Crippen molar-refractivity contribution in [2.75, 3.05) is 11.5 Å². The highest BCUT2D eigenvalue weighted by Crippen LogP contribution is 2.29. The minimum atomic E-state index is -3.15. The molecule has 1 aliphatic heterocycles. The minimum absolute atomic E-state index is 0.00212.